The molecule has 0 radical (unpaired) electrons. The third-order valence-corrected chi connectivity index (χ3v) is 4.08. The average Bonchev–Trinajstić information content (AvgIpc) is 2.70. The summed E-state index contributed by atoms with van der Waals surface area (Å²) in [6, 6.07) is 7.49. The van der Waals surface area contributed by atoms with Gasteiger partial charge in [0, 0.05) is 31.6 Å². The van der Waals surface area contributed by atoms with Crippen LogP contribution in [0.5, 0.6) is 17.2 Å². The Balaban J connectivity index is 1.74. The van der Waals surface area contributed by atoms with Crippen molar-refractivity contribution in [3.63, 3.8) is 0 Å². The van der Waals surface area contributed by atoms with E-state index in [4.69, 9.17) is 14.2 Å². The zero-order chi connectivity index (χ0) is 18.4. The largest absolute Gasteiger partial charge is 0.493 e. The predicted octanol–water partition coefficient (Wildman–Crippen LogP) is 2.92. The highest BCUT2D eigenvalue weighted by Gasteiger charge is 2.18. The molecule has 136 valence electrons. The second-order valence-electron chi connectivity index (χ2n) is 5.79. The number of likely N-dealkylation sites (N-methyl/N-ethyl adjacent to an activating group) is 1. The summed E-state index contributed by atoms with van der Waals surface area (Å²) in [6.07, 6.45) is 6.78. The number of carbonyl (C=O) groups excluding carboxylic acids is 1. The van der Waals surface area contributed by atoms with Crippen molar-refractivity contribution < 1.29 is 19.0 Å². The molecule has 6 nitrogen and oxygen atoms in total. The van der Waals surface area contributed by atoms with Gasteiger partial charge in [0.15, 0.2) is 11.5 Å². The van der Waals surface area contributed by atoms with Crippen LogP contribution in [0.1, 0.15) is 18.1 Å². The van der Waals surface area contributed by atoms with Crippen molar-refractivity contribution in [2.24, 2.45) is 0 Å². The van der Waals surface area contributed by atoms with Crippen molar-refractivity contribution in [3.8, 4) is 17.2 Å². The minimum Gasteiger partial charge on any atom is -0.493 e. The Kier molecular flexibility index (Phi) is 5.73. The van der Waals surface area contributed by atoms with Crippen LogP contribution in [0.15, 0.2) is 42.7 Å². The molecule has 0 spiro atoms. The van der Waals surface area contributed by atoms with Crippen molar-refractivity contribution in [2.75, 3.05) is 26.9 Å². The van der Waals surface area contributed by atoms with Crippen LogP contribution in [0.2, 0.25) is 0 Å². The second-order valence-corrected chi connectivity index (χ2v) is 5.79. The Bertz CT molecular complexity index is 773. The monoisotopic (exact) mass is 354 g/mol. The maximum Gasteiger partial charge on any atom is 0.246 e. The van der Waals surface area contributed by atoms with Gasteiger partial charge in [0.1, 0.15) is 13.2 Å². The molecule has 0 saturated carbocycles. The predicted molar refractivity (Wildman–Crippen MR) is 98.3 cm³/mol. The number of aromatic nitrogens is 1. The summed E-state index contributed by atoms with van der Waals surface area (Å²) in [6.45, 7) is 4.12. The van der Waals surface area contributed by atoms with Crippen LogP contribution in [-0.2, 0) is 11.3 Å². The van der Waals surface area contributed by atoms with Gasteiger partial charge in [0.25, 0.3) is 0 Å². The number of fused-ring (bicyclic) bond motifs is 1. The molecule has 0 bridgehead atoms. The number of rotatable bonds is 6. The number of hydrogen-bond donors (Lipinski definition) is 0. The normalized spacial score (nSPS) is 12.8. The van der Waals surface area contributed by atoms with Crippen molar-refractivity contribution >= 4 is 12.0 Å². The first-order chi connectivity index (χ1) is 12.7. The zero-order valence-corrected chi connectivity index (χ0v) is 15.0. The highest BCUT2D eigenvalue weighted by molar-refractivity contribution is 5.92. The summed E-state index contributed by atoms with van der Waals surface area (Å²) in [4.78, 5) is 18.3. The van der Waals surface area contributed by atoms with Gasteiger partial charge in [-0.15, -0.1) is 0 Å². The summed E-state index contributed by atoms with van der Waals surface area (Å²) in [5.74, 6) is 1.78. The van der Waals surface area contributed by atoms with Crippen molar-refractivity contribution in [3.05, 3.63) is 53.9 Å². The first-order valence-corrected chi connectivity index (χ1v) is 8.54. The van der Waals surface area contributed by atoms with Crippen LogP contribution in [-0.4, -0.2) is 42.7 Å². The lowest BCUT2D eigenvalue weighted by Gasteiger charge is -2.21. The smallest absolute Gasteiger partial charge is 0.246 e. The SMILES string of the molecule is CCN(Cc1ccncc1)C(=O)C=Cc1cc(OC)c2c(c1)OCCO2. The molecule has 1 aromatic heterocycles. The van der Waals surface area contributed by atoms with Crippen LogP contribution >= 0.6 is 0 Å². The molecule has 1 aliphatic rings. The number of hydrogen-bond acceptors (Lipinski definition) is 5. The fraction of sp³-hybridized carbons (Fsp3) is 0.300. The topological polar surface area (TPSA) is 60.9 Å². The number of ether oxygens (including phenoxy) is 3. The van der Waals surface area contributed by atoms with Crippen LogP contribution < -0.4 is 14.2 Å². The lowest BCUT2D eigenvalue weighted by Crippen LogP contribution is -2.28. The molecule has 26 heavy (non-hydrogen) atoms. The van der Waals surface area contributed by atoms with Gasteiger partial charge in [-0.1, -0.05) is 0 Å². The molecular formula is C20H22N2O4. The molecule has 3 rings (SSSR count). The van der Waals surface area contributed by atoms with E-state index in [1.165, 1.54) is 0 Å². The Morgan fingerprint density at radius 2 is 2.04 bits per heavy atom. The highest BCUT2D eigenvalue weighted by Crippen LogP contribution is 2.40. The highest BCUT2D eigenvalue weighted by atomic mass is 16.6. The van der Waals surface area contributed by atoms with Crippen molar-refractivity contribution in [2.45, 2.75) is 13.5 Å². The Hall–Kier alpha value is -3.02. The van der Waals surface area contributed by atoms with Gasteiger partial charge >= 0.3 is 0 Å². The van der Waals surface area contributed by atoms with Crippen LogP contribution in [0.4, 0.5) is 0 Å². The third-order valence-electron chi connectivity index (χ3n) is 4.08. The van der Waals surface area contributed by atoms with Gasteiger partial charge < -0.3 is 19.1 Å². The molecule has 0 aliphatic carbocycles. The van der Waals surface area contributed by atoms with E-state index in [9.17, 15) is 4.79 Å². The second kappa shape index (κ2) is 8.38. The minimum atomic E-state index is -0.0573. The molecule has 1 amide bonds. The van der Waals surface area contributed by atoms with Crippen molar-refractivity contribution in [1.82, 2.24) is 9.88 Å². The molecule has 2 heterocycles. The number of benzene rings is 1. The Labute approximate surface area is 153 Å². The van der Waals surface area contributed by atoms with E-state index in [0.717, 1.165) is 11.1 Å². The lowest BCUT2D eigenvalue weighted by atomic mass is 10.1. The number of carbonyl (C=O) groups is 1. The van der Waals surface area contributed by atoms with Crippen LogP contribution in [0.3, 0.4) is 0 Å². The van der Waals surface area contributed by atoms with E-state index in [-0.39, 0.29) is 5.91 Å². The average molecular weight is 354 g/mol. The van der Waals surface area contributed by atoms with E-state index >= 15 is 0 Å². The van der Waals surface area contributed by atoms with E-state index in [2.05, 4.69) is 4.98 Å². The maximum atomic E-state index is 12.5. The first-order valence-electron chi connectivity index (χ1n) is 8.54. The first kappa shape index (κ1) is 17.8. The van der Waals surface area contributed by atoms with Crippen LogP contribution in [0.25, 0.3) is 6.08 Å². The third kappa shape index (κ3) is 4.14. The Morgan fingerprint density at radius 1 is 1.27 bits per heavy atom. The van der Waals surface area contributed by atoms with Crippen LogP contribution in [0, 0.1) is 0 Å². The van der Waals surface area contributed by atoms with Crippen molar-refractivity contribution in [1.29, 1.82) is 0 Å². The van der Waals surface area contributed by atoms with E-state index in [1.54, 1.807) is 36.6 Å². The van der Waals surface area contributed by atoms with Gasteiger partial charge in [-0.2, -0.15) is 0 Å². The summed E-state index contributed by atoms with van der Waals surface area (Å²) in [5.41, 5.74) is 1.86. The van der Waals surface area contributed by atoms with Gasteiger partial charge in [-0.05, 0) is 48.4 Å². The number of methoxy groups -OCH3 is 1. The molecule has 0 atom stereocenters. The lowest BCUT2D eigenvalue weighted by molar-refractivity contribution is -0.126. The summed E-state index contributed by atoms with van der Waals surface area (Å²) in [7, 11) is 1.58. The molecule has 2 aromatic rings. The maximum absolute atomic E-state index is 12.5. The van der Waals surface area contributed by atoms with Gasteiger partial charge in [0.2, 0.25) is 11.7 Å². The number of nitrogens with zero attached hydrogens (tertiary/aromatic N) is 2. The molecule has 0 fully saturated rings. The van der Waals surface area contributed by atoms with E-state index in [0.29, 0.717) is 43.6 Å². The zero-order valence-electron chi connectivity index (χ0n) is 15.0. The minimum absolute atomic E-state index is 0.0573. The quantitative estimate of drug-likeness (QED) is 0.747. The van der Waals surface area contributed by atoms with Gasteiger partial charge in [0.05, 0.1) is 7.11 Å². The Morgan fingerprint density at radius 3 is 2.77 bits per heavy atom. The van der Waals surface area contributed by atoms with Gasteiger partial charge in [-0.25, -0.2) is 0 Å². The molecule has 1 aliphatic heterocycles. The molecule has 0 unspecified atom stereocenters. The molecule has 0 saturated heterocycles. The molecule has 1 aromatic carbocycles. The number of amides is 1. The standard InChI is InChI=1S/C20H22N2O4/c1-3-22(14-15-6-8-21-9-7-15)19(23)5-4-16-12-17(24-2)20-18(13-16)25-10-11-26-20/h4-9,12-13H,3,10-11,14H2,1-2H3. The molecule has 0 N–H and O–H groups in total. The summed E-state index contributed by atoms with van der Waals surface area (Å²) in [5, 5.41) is 0. The summed E-state index contributed by atoms with van der Waals surface area (Å²) < 4.78 is 16.6. The molecule has 6 heteroatoms. The molecular weight excluding hydrogens is 332 g/mol. The van der Waals surface area contributed by atoms with E-state index in [1.807, 2.05) is 31.2 Å². The van der Waals surface area contributed by atoms with E-state index < -0.39 is 0 Å². The van der Waals surface area contributed by atoms with Gasteiger partial charge in [-0.3, -0.25) is 9.78 Å². The number of pyridine rings is 1. The fourth-order valence-corrected chi connectivity index (χ4v) is 2.72. The summed E-state index contributed by atoms with van der Waals surface area (Å²) >= 11 is 0. The fourth-order valence-electron chi connectivity index (χ4n) is 2.72.